The fourth-order valence-electron chi connectivity index (χ4n) is 1.01. The van der Waals surface area contributed by atoms with Crippen molar-refractivity contribution in [2.75, 3.05) is 0 Å². The molecule has 0 amide bonds. The zero-order valence-electron chi connectivity index (χ0n) is 7.97. The molecule has 1 unspecified atom stereocenters. The van der Waals surface area contributed by atoms with Crippen LogP contribution in [0, 0.1) is 17.2 Å². The van der Waals surface area contributed by atoms with Crippen molar-refractivity contribution in [3.8, 4) is 6.07 Å². The van der Waals surface area contributed by atoms with Crippen LogP contribution < -0.4 is 0 Å². The largest absolute Gasteiger partial charge is 0.298 e. The number of carbonyl (C=O) groups is 1. The third kappa shape index (κ3) is 4.90. The molecule has 0 saturated carbocycles. The van der Waals surface area contributed by atoms with Gasteiger partial charge in [0.2, 0.25) is 0 Å². The van der Waals surface area contributed by atoms with Gasteiger partial charge in [0.1, 0.15) is 11.7 Å². The third-order valence-corrected chi connectivity index (χ3v) is 1.95. The van der Waals surface area contributed by atoms with Crippen molar-refractivity contribution in [3.05, 3.63) is 0 Å². The zero-order valence-corrected chi connectivity index (χ0v) is 7.97. The molecule has 0 aromatic rings. The lowest BCUT2D eigenvalue weighted by atomic mass is 10.0. The molecule has 0 aliphatic carbocycles. The summed E-state index contributed by atoms with van der Waals surface area (Å²) in [5.74, 6) is -0.319. The molecule has 2 nitrogen and oxygen atoms in total. The van der Waals surface area contributed by atoms with Crippen LogP contribution in [0.4, 0.5) is 0 Å². The van der Waals surface area contributed by atoms with E-state index in [0.29, 0.717) is 6.42 Å². The van der Waals surface area contributed by atoms with E-state index in [1.54, 1.807) is 6.92 Å². The van der Waals surface area contributed by atoms with E-state index in [0.717, 1.165) is 12.8 Å². The SMILES string of the molecule is CCCCCCC(=O)C(C)C#N. The monoisotopic (exact) mass is 167 g/mol. The first kappa shape index (κ1) is 11.2. The molecule has 0 aromatic heterocycles. The molecule has 0 aromatic carbocycles. The van der Waals surface area contributed by atoms with Crippen LogP contribution >= 0.6 is 0 Å². The fourth-order valence-corrected chi connectivity index (χ4v) is 1.01. The standard InChI is InChI=1S/C10H17NO/c1-3-4-5-6-7-10(12)9(2)8-11/h9H,3-7H2,1-2H3. The van der Waals surface area contributed by atoms with Crippen molar-refractivity contribution in [3.63, 3.8) is 0 Å². The number of unbranched alkanes of at least 4 members (excludes halogenated alkanes) is 3. The van der Waals surface area contributed by atoms with Crippen LogP contribution in [0.2, 0.25) is 0 Å². The van der Waals surface area contributed by atoms with Crippen LogP contribution in [-0.4, -0.2) is 5.78 Å². The van der Waals surface area contributed by atoms with Gasteiger partial charge < -0.3 is 0 Å². The molecular weight excluding hydrogens is 150 g/mol. The van der Waals surface area contributed by atoms with Gasteiger partial charge in [-0.15, -0.1) is 0 Å². The minimum absolute atomic E-state index is 0.0913. The van der Waals surface area contributed by atoms with Crippen LogP contribution in [0.15, 0.2) is 0 Å². The summed E-state index contributed by atoms with van der Waals surface area (Å²) in [6, 6.07) is 1.96. The van der Waals surface area contributed by atoms with Gasteiger partial charge in [-0.2, -0.15) is 5.26 Å². The van der Waals surface area contributed by atoms with Gasteiger partial charge in [-0.3, -0.25) is 4.79 Å². The first-order valence-corrected chi connectivity index (χ1v) is 4.64. The molecule has 68 valence electrons. The third-order valence-electron chi connectivity index (χ3n) is 1.95. The predicted molar refractivity (Wildman–Crippen MR) is 48.5 cm³/mol. The minimum atomic E-state index is -0.411. The summed E-state index contributed by atoms with van der Waals surface area (Å²) in [4.78, 5) is 11.1. The van der Waals surface area contributed by atoms with E-state index < -0.39 is 5.92 Å². The summed E-state index contributed by atoms with van der Waals surface area (Å²) in [6.45, 7) is 3.81. The number of nitrogens with zero attached hydrogens (tertiary/aromatic N) is 1. The molecule has 0 fully saturated rings. The minimum Gasteiger partial charge on any atom is -0.298 e. The van der Waals surface area contributed by atoms with Gasteiger partial charge in [-0.1, -0.05) is 26.2 Å². The Morgan fingerprint density at radius 1 is 1.42 bits per heavy atom. The second kappa shape index (κ2) is 6.84. The number of hydrogen-bond acceptors (Lipinski definition) is 2. The second-order valence-corrected chi connectivity index (χ2v) is 3.13. The Balaban J connectivity index is 3.39. The molecular formula is C10H17NO. The maximum Gasteiger partial charge on any atom is 0.149 e. The quantitative estimate of drug-likeness (QED) is 0.571. The highest BCUT2D eigenvalue weighted by Crippen LogP contribution is 2.06. The van der Waals surface area contributed by atoms with Gasteiger partial charge in [0.25, 0.3) is 0 Å². The molecule has 12 heavy (non-hydrogen) atoms. The lowest BCUT2D eigenvalue weighted by Gasteiger charge is -2.00. The van der Waals surface area contributed by atoms with Crippen LogP contribution in [0.3, 0.4) is 0 Å². The number of Topliss-reactive ketones (excluding diaryl/α,β-unsaturated/α-hetero) is 1. The maximum atomic E-state index is 11.1. The van der Waals surface area contributed by atoms with Crippen LogP contribution in [0.5, 0.6) is 0 Å². The highest BCUT2D eigenvalue weighted by Gasteiger charge is 2.09. The Kier molecular flexibility index (Phi) is 6.37. The molecule has 0 bridgehead atoms. The van der Waals surface area contributed by atoms with Crippen molar-refractivity contribution in [2.24, 2.45) is 5.92 Å². The van der Waals surface area contributed by atoms with E-state index in [2.05, 4.69) is 6.92 Å². The first-order chi connectivity index (χ1) is 5.72. The summed E-state index contributed by atoms with van der Waals surface area (Å²) in [5, 5.41) is 8.44. The average Bonchev–Trinajstić information content (AvgIpc) is 2.10. The molecule has 0 saturated heterocycles. The average molecular weight is 167 g/mol. The van der Waals surface area contributed by atoms with Gasteiger partial charge >= 0.3 is 0 Å². The normalized spacial score (nSPS) is 12.1. The summed E-state index contributed by atoms with van der Waals surface area (Å²) in [6.07, 6.45) is 5.00. The first-order valence-electron chi connectivity index (χ1n) is 4.64. The van der Waals surface area contributed by atoms with Crippen molar-refractivity contribution < 1.29 is 4.79 Å². The Morgan fingerprint density at radius 3 is 2.58 bits per heavy atom. The lowest BCUT2D eigenvalue weighted by molar-refractivity contribution is -0.121. The molecule has 2 heteroatoms. The van der Waals surface area contributed by atoms with Gasteiger partial charge in [-0.05, 0) is 13.3 Å². The molecule has 0 rings (SSSR count). The molecule has 0 aliphatic rings. The highest BCUT2D eigenvalue weighted by atomic mass is 16.1. The van der Waals surface area contributed by atoms with Crippen LogP contribution in [0.25, 0.3) is 0 Å². The topological polar surface area (TPSA) is 40.9 Å². The fraction of sp³-hybridized carbons (Fsp3) is 0.800. The van der Waals surface area contributed by atoms with Gasteiger partial charge in [-0.25, -0.2) is 0 Å². The van der Waals surface area contributed by atoms with Crippen molar-refractivity contribution in [1.82, 2.24) is 0 Å². The van der Waals surface area contributed by atoms with Gasteiger partial charge in [0, 0.05) is 6.42 Å². The lowest BCUT2D eigenvalue weighted by Crippen LogP contribution is -2.07. The van der Waals surface area contributed by atoms with Gasteiger partial charge in [0.05, 0.1) is 6.07 Å². The zero-order chi connectivity index (χ0) is 9.40. The Hall–Kier alpha value is -0.840. The molecule has 0 radical (unpaired) electrons. The number of carbonyl (C=O) groups excluding carboxylic acids is 1. The number of ketones is 1. The Labute approximate surface area is 74.6 Å². The van der Waals surface area contributed by atoms with Crippen LogP contribution in [0.1, 0.15) is 46.0 Å². The van der Waals surface area contributed by atoms with Crippen molar-refractivity contribution >= 4 is 5.78 Å². The van der Waals surface area contributed by atoms with E-state index in [1.165, 1.54) is 12.8 Å². The van der Waals surface area contributed by atoms with Crippen molar-refractivity contribution in [2.45, 2.75) is 46.0 Å². The van der Waals surface area contributed by atoms with E-state index in [9.17, 15) is 4.79 Å². The summed E-state index contributed by atoms with van der Waals surface area (Å²) >= 11 is 0. The summed E-state index contributed by atoms with van der Waals surface area (Å²) < 4.78 is 0. The predicted octanol–water partition coefficient (Wildman–Crippen LogP) is 2.69. The van der Waals surface area contributed by atoms with E-state index in [1.807, 2.05) is 6.07 Å². The van der Waals surface area contributed by atoms with E-state index in [4.69, 9.17) is 5.26 Å². The highest BCUT2D eigenvalue weighted by molar-refractivity contribution is 5.82. The maximum absolute atomic E-state index is 11.1. The number of nitriles is 1. The molecule has 0 heterocycles. The van der Waals surface area contributed by atoms with E-state index in [-0.39, 0.29) is 5.78 Å². The summed E-state index contributed by atoms with van der Waals surface area (Å²) in [7, 11) is 0. The second-order valence-electron chi connectivity index (χ2n) is 3.13. The molecule has 1 atom stereocenters. The van der Waals surface area contributed by atoms with Crippen molar-refractivity contribution in [1.29, 1.82) is 5.26 Å². The molecule has 0 spiro atoms. The molecule has 0 aliphatic heterocycles. The number of hydrogen-bond donors (Lipinski definition) is 0. The smallest absolute Gasteiger partial charge is 0.149 e. The van der Waals surface area contributed by atoms with Crippen LogP contribution in [-0.2, 0) is 4.79 Å². The Bertz CT molecular complexity index is 169. The number of rotatable bonds is 6. The summed E-state index contributed by atoms with van der Waals surface area (Å²) in [5.41, 5.74) is 0. The van der Waals surface area contributed by atoms with E-state index >= 15 is 0 Å². The van der Waals surface area contributed by atoms with Gasteiger partial charge in [0.15, 0.2) is 0 Å². The Morgan fingerprint density at radius 2 is 2.08 bits per heavy atom. The molecule has 0 N–H and O–H groups in total.